The second-order valence-corrected chi connectivity index (χ2v) is 3.13. The number of hydrogen-bond donors (Lipinski definition) is 2. The fourth-order valence-corrected chi connectivity index (χ4v) is 1.24. The Morgan fingerprint density at radius 1 is 1.33 bits per heavy atom. The predicted molar refractivity (Wildman–Crippen MR) is 55.7 cm³/mol. The van der Waals surface area contributed by atoms with Crippen molar-refractivity contribution in [2.45, 2.75) is 19.3 Å². The van der Waals surface area contributed by atoms with Crippen LogP contribution in [0.3, 0.4) is 0 Å². The van der Waals surface area contributed by atoms with E-state index >= 15 is 0 Å². The van der Waals surface area contributed by atoms with Crippen molar-refractivity contribution >= 4 is 11.7 Å². The van der Waals surface area contributed by atoms with Gasteiger partial charge in [-0.25, -0.2) is 0 Å². The molecule has 0 radical (unpaired) electrons. The lowest BCUT2D eigenvalue weighted by Gasteiger charge is -1.99. The monoisotopic (exact) mass is 207 g/mol. The number of carboxylic acid groups (broad SMARTS) is 1. The molecule has 1 rings (SSSR count). The van der Waals surface area contributed by atoms with Gasteiger partial charge in [0.1, 0.15) is 0 Å². The first kappa shape index (κ1) is 11.2. The van der Waals surface area contributed by atoms with Gasteiger partial charge in [-0.1, -0.05) is 17.4 Å². The van der Waals surface area contributed by atoms with Crippen LogP contribution in [0.2, 0.25) is 0 Å². The van der Waals surface area contributed by atoms with E-state index in [1.54, 1.807) is 12.1 Å². The lowest BCUT2D eigenvalue weighted by Crippen LogP contribution is -1.95. The van der Waals surface area contributed by atoms with E-state index in [4.69, 9.17) is 10.9 Å². The van der Waals surface area contributed by atoms with E-state index in [0.717, 1.165) is 12.0 Å². The fraction of sp³-hybridized carbons (Fsp3) is 0.300. The van der Waals surface area contributed by atoms with E-state index in [1.165, 1.54) is 0 Å². The molecule has 0 heterocycles. The summed E-state index contributed by atoms with van der Waals surface area (Å²) in [5.41, 5.74) is 1.78. The zero-order valence-corrected chi connectivity index (χ0v) is 8.26. The SMILES string of the molecule is NN=Nc1ccc(CCCC(=O)O)cc1. The Labute approximate surface area is 87.6 Å². The molecule has 0 aliphatic rings. The minimum atomic E-state index is -0.761. The van der Waals surface area contributed by atoms with Crippen molar-refractivity contribution in [2.24, 2.45) is 16.2 Å². The van der Waals surface area contributed by atoms with E-state index in [2.05, 4.69) is 10.3 Å². The van der Waals surface area contributed by atoms with Crippen LogP contribution in [-0.4, -0.2) is 11.1 Å². The highest BCUT2D eigenvalue weighted by Crippen LogP contribution is 2.14. The highest BCUT2D eigenvalue weighted by atomic mass is 16.4. The molecule has 15 heavy (non-hydrogen) atoms. The van der Waals surface area contributed by atoms with Crippen molar-refractivity contribution < 1.29 is 9.90 Å². The van der Waals surface area contributed by atoms with E-state index in [9.17, 15) is 4.79 Å². The molecule has 1 aromatic rings. The molecular formula is C10H13N3O2. The van der Waals surface area contributed by atoms with Gasteiger partial charge < -0.3 is 10.9 Å². The number of hydrogen-bond acceptors (Lipinski definition) is 3. The summed E-state index contributed by atoms with van der Waals surface area (Å²) in [4.78, 5) is 10.3. The lowest BCUT2D eigenvalue weighted by molar-refractivity contribution is -0.137. The van der Waals surface area contributed by atoms with Gasteiger partial charge in [0, 0.05) is 6.42 Å². The number of nitrogens with two attached hydrogens (primary N) is 1. The van der Waals surface area contributed by atoms with Crippen molar-refractivity contribution in [1.82, 2.24) is 0 Å². The first-order valence-corrected chi connectivity index (χ1v) is 4.64. The Hall–Kier alpha value is -1.91. The molecule has 1 aromatic carbocycles. The number of benzene rings is 1. The number of carboxylic acids is 1. The Morgan fingerprint density at radius 3 is 2.53 bits per heavy atom. The summed E-state index contributed by atoms with van der Waals surface area (Å²) in [5.74, 6) is 4.14. The van der Waals surface area contributed by atoms with Gasteiger partial charge in [-0.3, -0.25) is 4.79 Å². The molecular weight excluding hydrogens is 194 g/mol. The Kier molecular flexibility index (Phi) is 4.28. The van der Waals surface area contributed by atoms with Crippen LogP contribution in [0, 0.1) is 0 Å². The molecule has 0 atom stereocenters. The average Bonchev–Trinajstić information content (AvgIpc) is 2.20. The van der Waals surface area contributed by atoms with Crippen LogP contribution in [0.4, 0.5) is 5.69 Å². The van der Waals surface area contributed by atoms with Crippen LogP contribution in [0.1, 0.15) is 18.4 Å². The number of nitrogens with zero attached hydrogens (tertiary/aromatic N) is 2. The van der Waals surface area contributed by atoms with Crippen LogP contribution in [-0.2, 0) is 11.2 Å². The fourth-order valence-electron chi connectivity index (χ4n) is 1.24. The van der Waals surface area contributed by atoms with Gasteiger partial charge in [0.25, 0.3) is 0 Å². The van der Waals surface area contributed by atoms with Gasteiger partial charge in [0.15, 0.2) is 0 Å². The van der Waals surface area contributed by atoms with Crippen molar-refractivity contribution in [1.29, 1.82) is 0 Å². The van der Waals surface area contributed by atoms with Gasteiger partial charge in [0.05, 0.1) is 5.69 Å². The molecule has 5 heteroatoms. The van der Waals surface area contributed by atoms with E-state index < -0.39 is 5.97 Å². The second-order valence-electron chi connectivity index (χ2n) is 3.13. The van der Waals surface area contributed by atoms with Crippen LogP contribution in [0.15, 0.2) is 34.6 Å². The van der Waals surface area contributed by atoms with Crippen molar-refractivity contribution in [3.8, 4) is 0 Å². The van der Waals surface area contributed by atoms with E-state index in [0.29, 0.717) is 12.1 Å². The zero-order valence-electron chi connectivity index (χ0n) is 8.26. The molecule has 0 aromatic heterocycles. The van der Waals surface area contributed by atoms with Crippen molar-refractivity contribution in [3.05, 3.63) is 29.8 Å². The molecule has 0 spiro atoms. The van der Waals surface area contributed by atoms with Gasteiger partial charge in [-0.05, 0) is 30.5 Å². The Bertz CT molecular complexity index is 346. The molecule has 0 bridgehead atoms. The third-order valence-electron chi connectivity index (χ3n) is 1.97. The smallest absolute Gasteiger partial charge is 0.303 e. The molecule has 0 amide bonds. The van der Waals surface area contributed by atoms with Crippen LogP contribution in [0.25, 0.3) is 0 Å². The highest BCUT2D eigenvalue weighted by Gasteiger charge is 1.98. The molecule has 0 aliphatic heterocycles. The zero-order chi connectivity index (χ0) is 11.1. The first-order valence-electron chi connectivity index (χ1n) is 4.64. The van der Waals surface area contributed by atoms with Gasteiger partial charge >= 0.3 is 5.97 Å². The summed E-state index contributed by atoms with van der Waals surface area (Å²) in [7, 11) is 0. The minimum Gasteiger partial charge on any atom is -0.481 e. The maximum Gasteiger partial charge on any atom is 0.303 e. The maximum absolute atomic E-state index is 10.3. The topological polar surface area (TPSA) is 88.0 Å². The number of aryl methyl sites for hydroxylation is 1. The summed E-state index contributed by atoms with van der Waals surface area (Å²) in [6.45, 7) is 0. The highest BCUT2D eigenvalue weighted by molar-refractivity contribution is 5.66. The van der Waals surface area contributed by atoms with Gasteiger partial charge in [-0.15, -0.1) is 5.11 Å². The quantitative estimate of drug-likeness (QED) is 0.440. The standard InChI is InChI=1S/C10H13N3O2/c11-13-12-9-6-4-8(5-7-9)2-1-3-10(14)15/h4-7H,1-3H2,(H2,11,12)(H,14,15). The largest absolute Gasteiger partial charge is 0.481 e. The van der Waals surface area contributed by atoms with Crippen molar-refractivity contribution in [3.63, 3.8) is 0 Å². The number of aliphatic carboxylic acids is 1. The predicted octanol–water partition coefficient (Wildman–Crippen LogP) is 2.05. The minimum absolute atomic E-state index is 0.199. The molecule has 3 N–H and O–H groups in total. The second kappa shape index (κ2) is 5.74. The van der Waals surface area contributed by atoms with Crippen LogP contribution in [0.5, 0.6) is 0 Å². The summed E-state index contributed by atoms with van der Waals surface area (Å²) in [6, 6.07) is 7.39. The van der Waals surface area contributed by atoms with Gasteiger partial charge in [-0.2, -0.15) is 0 Å². The Morgan fingerprint density at radius 2 is 2.00 bits per heavy atom. The lowest BCUT2D eigenvalue weighted by atomic mass is 10.1. The van der Waals surface area contributed by atoms with Crippen LogP contribution >= 0.6 is 0 Å². The summed E-state index contributed by atoms with van der Waals surface area (Å²) >= 11 is 0. The molecule has 0 aliphatic carbocycles. The molecule has 80 valence electrons. The third kappa shape index (κ3) is 4.21. The number of rotatable bonds is 5. The third-order valence-corrected chi connectivity index (χ3v) is 1.97. The first-order chi connectivity index (χ1) is 7.22. The molecule has 0 saturated heterocycles. The number of carbonyl (C=O) groups is 1. The Balaban J connectivity index is 2.46. The molecule has 0 fully saturated rings. The van der Waals surface area contributed by atoms with Crippen molar-refractivity contribution in [2.75, 3.05) is 0 Å². The summed E-state index contributed by atoms with van der Waals surface area (Å²) in [6.07, 6.45) is 1.60. The molecule has 0 saturated carbocycles. The summed E-state index contributed by atoms with van der Waals surface area (Å²) < 4.78 is 0. The normalized spacial score (nSPS) is 10.7. The maximum atomic E-state index is 10.3. The molecule has 5 nitrogen and oxygen atoms in total. The summed E-state index contributed by atoms with van der Waals surface area (Å²) in [5, 5.41) is 15.3. The van der Waals surface area contributed by atoms with Gasteiger partial charge in [0.2, 0.25) is 0 Å². The average molecular weight is 207 g/mol. The van der Waals surface area contributed by atoms with E-state index in [-0.39, 0.29) is 6.42 Å². The molecule has 0 unspecified atom stereocenters. The van der Waals surface area contributed by atoms with Crippen LogP contribution < -0.4 is 5.84 Å². The van der Waals surface area contributed by atoms with E-state index in [1.807, 2.05) is 12.1 Å².